The lowest BCUT2D eigenvalue weighted by Crippen LogP contribution is -2.46. The summed E-state index contributed by atoms with van der Waals surface area (Å²) in [6, 6.07) is -0.761. The van der Waals surface area contributed by atoms with Crippen LogP contribution in [0.1, 0.15) is 450 Å². The summed E-state index contributed by atoms with van der Waals surface area (Å²) >= 11 is 0. The molecule has 0 rings (SSSR count). The number of rotatable bonds is 80. The fraction of sp³-hybridized carbons (Fsp3) is 0.918. The van der Waals surface area contributed by atoms with Crippen molar-refractivity contribution >= 4 is 13.7 Å². The topological polar surface area (TPSA) is 105 Å². The lowest BCUT2D eigenvalue weighted by atomic mass is 10.0. The zero-order chi connectivity index (χ0) is 68.3. The van der Waals surface area contributed by atoms with Crippen molar-refractivity contribution in [3.8, 4) is 0 Å². The number of allylic oxidation sites excluding steroid dienone is 6. The molecule has 0 aromatic carbocycles. The molecule has 0 bridgehead atoms. The van der Waals surface area contributed by atoms with Crippen LogP contribution in [-0.4, -0.2) is 73.4 Å². The zero-order valence-electron chi connectivity index (χ0n) is 64.2. The molecule has 3 unspecified atom stereocenters. The Labute approximate surface area is 588 Å². The number of hydrogen-bond donors (Lipinski definition) is 3. The molecule has 0 aromatic rings. The van der Waals surface area contributed by atoms with E-state index in [9.17, 15) is 19.4 Å². The molecular weight excluding hydrogens is 1180 g/mol. The van der Waals surface area contributed by atoms with Gasteiger partial charge in [0.25, 0.3) is 0 Å². The number of hydrogen-bond acceptors (Lipinski definition) is 5. The van der Waals surface area contributed by atoms with Gasteiger partial charge in [-0.1, -0.05) is 429 Å². The van der Waals surface area contributed by atoms with Gasteiger partial charge in [-0.05, 0) is 51.4 Å². The molecule has 0 saturated heterocycles. The molecule has 0 aliphatic heterocycles. The Bertz CT molecular complexity index is 1630. The maximum absolute atomic E-state index is 13.1. The Morgan fingerprint density at radius 3 is 0.883 bits per heavy atom. The monoisotopic (exact) mass is 1340 g/mol. The molecule has 9 heteroatoms. The molecule has 1 amide bonds. The molecule has 0 aliphatic carbocycles. The third-order valence-corrected chi connectivity index (χ3v) is 20.9. The first-order valence-electron chi connectivity index (χ1n) is 42.4. The first-order valence-corrected chi connectivity index (χ1v) is 43.8. The van der Waals surface area contributed by atoms with Crippen LogP contribution in [0, 0.1) is 0 Å². The van der Waals surface area contributed by atoms with Gasteiger partial charge in [-0.2, -0.15) is 0 Å². The summed E-state index contributed by atoms with van der Waals surface area (Å²) < 4.78 is 24.0. The molecular formula is C85H168N2O6P+. The third-order valence-electron chi connectivity index (χ3n) is 19.9. The Kier molecular flexibility index (Phi) is 74.9. The van der Waals surface area contributed by atoms with Gasteiger partial charge in [0, 0.05) is 6.42 Å². The molecule has 0 spiro atoms. The summed E-state index contributed by atoms with van der Waals surface area (Å²) in [5.74, 6) is -0.133. The fourth-order valence-corrected chi connectivity index (χ4v) is 14.1. The van der Waals surface area contributed by atoms with Crippen molar-refractivity contribution in [2.45, 2.75) is 463 Å². The van der Waals surface area contributed by atoms with E-state index in [1.165, 1.54) is 372 Å². The molecule has 558 valence electrons. The molecule has 3 N–H and O–H groups in total. The van der Waals surface area contributed by atoms with Gasteiger partial charge < -0.3 is 19.8 Å². The number of aliphatic hydroxyl groups excluding tert-OH is 1. The largest absolute Gasteiger partial charge is 0.472 e. The molecule has 0 fully saturated rings. The fourth-order valence-electron chi connectivity index (χ4n) is 13.4. The molecule has 8 nitrogen and oxygen atoms in total. The molecule has 94 heavy (non-hydrogen) atoms. The summed E-state index contributed by atoms with van der Waals surface area (Å²) in [6.45, 7) is 4.95. The minimum atomic E-state index is -4.33. The van der Waals surface area contributed by atoms with Gasteiger partial charge in [0.2, 0.25) is 5.91 Å². The van der Waals surface area contributed by atoms with Crippen LogP contribution in [-0.2, 0) is 18.4 Å². The number of carbonyl (C=O) groups excluding carboxylic acids is 1. The first kappa shape index (κ1) is 92.7. The Balaban J connectivity index is 3.87. The second-order valence-electron chi connectivity index (χ2n) is 30.6. The van der Waals surface area contributed by atoms with E-state index in [0.717, 1.165) is 51.4 Å². The van der Waals surface area contributed by atoms with Gasteiger partial charge >= 0.3 is 7.82 Å². The number of nitrogens with zero attached hydrogens (tertiary/aromatic N) is 1. The van der Waals surface area contributed by atoms with E-state index >= 15 is 0 Å². The standard InChI is InChI=1S/C85H167N2O6P/c1-6-8-10-12-14-16-18-20-22-24-26-28-30-32-34-36-38-39-40-41-42-43-44-45-46-47-49-51-53-55-57-59-61-63-65-67-69-71-73-75-77-79-85(89)86-83(82-93-94(90,91)92-81-80-87(3,4)5)84(88)78-76-74-72-70-68-66-64-62-60-58-56-54-52-50-48-37-35-33-31-29-27-25-23-21-19-17-15-13-11-9-7-2/h18,20,24,26,30,32,83-84,88H,6-17,19,21-23,25,27-29,31,33-82H2,1-5H3,(H-,86,89,90,91)/p+1/b20-18-,26-24-,32-30-. The normalized spacial score (nSPS) is 13.6. The number of quaternary nitrogens is 1. The summed E-state index contributed by atoms with van der Waals surface area (Å²) in [5.41, 5.74) is 0. The average molecular weight is 1350 g/mol. The minimum Gasteiger partial charge on any atom is -0.391 e. The molecule has 0 saturated carbocycles. The van der Waals surface area contributed by atoms with Crippen LogP contribution in [0.3, 0.4) is 0 Å². The van der Waals surface area contributed by atoms with Crippen LogP contribution < -0.4 is 5.32 Å². The van der Waals surface area contributed by atoms with Crippen molar-refractivity contribution in [3.05, 3.63) is 36.5 Å². The van der Waals surface area contributed by atoms with Crippen molar-refractivity contribution in [3.63, 3.8) is 0 Å². The second-order valence-corrected chi connectivity index (χ2v) is 32.0. The number of nitrogens with one attached hydrogen (secondary N) is 1. The van der Waals surface area contributed by atoms with Gasteiger partial charge in [0.1, 0.15) is 13.2 Å². The second kappa shape index (κ2) is 75.9. The highest BCUT2D eigenvalue weighted by atomic mass is 31.2. The van der Waals surface area contributed by atoms with Crippen LogP contribution in [0.5, 0.6) is 0 Å². The number of carbonyl (C=O) groups is 1. The van der Waals surface area contributed by atoms with Crippen molar-refractivity contribution in [1.82, 2.24) is 5.32 Å². The molecule has 0 aliphatic rings. The highest BCUT2D eigenvalue weighted by Gasteiger charge is 2.28. The number of aliphatic hydroxyl groups is 1. The number of phosphoric ester groups is 1. The Morgan fingerprint density at radius 2 is 0.606 bits per heavy atom. The third kappa shape index (κ3) is 78.1. The van der Waals surface area contributed by atoms with E-state index in [-0.39, 0.29) is 19.1 Å². The quantitative estimate of drug-likeness (QED) is 0.0243. The van der Waals surface area contributed by atoms with Gasteiger partial charge in [-0.15, -0.1) is 0 Å². The first-order chi connectivity index (χ1) is 46.0. The predicted molar refractivity (Wildman–Crippen MR) is 415 cm³/mol. The van der Waals surface area contributed by atoms with E-state index in [0.29, 0.717) is 23.9 Å². The number of likely N-dealkylation sites (N-methyl/N-ethyl adjacent to an activating group) is 1. The van der Waals surface area contributed by atoms with Crippen LogP contribution in [0.15, 0.2) is 36.5 Å². The van der Waals surface area contributed by atoms with Crippen molar-refractivity contribution in [2.24, 2.45) is 0 Å². The molecule has 0 aromatic heterocycles. The average Bonchev–Trinajstić information content (AvgIpc) is 1.77. The van der Waals surface area contributed by atoms with Gasteiger partial charge in [-0.3, -0.25) is 13.8 Å². The van der Waals surface area contributed by atoms with Crippen molar-refractivity contribution in [1.29, 1.82) is 0 Å². The number of amides is 1. The zero-order valence-corrected chi connectivity index (χ0v) is 65.1. The van der Waals surface area contributed by atoms with Crippen LogP contribution in [0.4, 0.5) is 0 Å². The van der Waals surface area contributed by atoms with E-state index in [1.54, 1.807) is 0 Å². The lowest BCUT2D eigenvalue weighted by molar-refractivity contribution is -0.870. The highest BCUT2D eigenvalue weighted by molar-refractivity contribution is 7.47. The maximum atomic E-state index is 13.1. The minimum absolute atomic E-state index is 0.0779. The Morgan fingerprint density at radius 1 is 0.362 bits per heavy atom. The summed E-state index contributed by atoms with van der Waals surface area (Å²) in [6.07, 6.45) is 103. The predicted octanol–water partition coefficient (Wildman–Crippen LogP) is 27.9. The van der Waals surface area contributed by atoms with Crippen LogP contribution >= 0.6 is 7.82 Å². The summed E-state index contributed by atoms with van der Waals surface area (Å²) in [5, 5.41) is 14.2. The molecule has 0 radical (unpaired) electrons. The SMILES string of the molecule is CCCCCCC/C=C\C/C=C\C/C=C\CCCCCCCCCCCCCCCCCCCCCCCCCCCCC(=O)NC(COP(=O)(O)OCC[N+](C)(C)C)C(O)CCCCCCCCCCCCCCCCCCCCCCCCCCCCCCCCC. The lowest BCUT2D eigenvalue weighted by Gasteiger charge is -2.26. The van der Waals surface area contributed by atoms with E-state index in [4.69, 9.17) is 9.05 Å². The Hall–Kier alpha value is -1.28. The maximum Gasteiger partial charge on any atom is 0.472 e. The molecule has 0 heterocycles. The number of unbranched alkanes of at least 4 members (excludes halogenated alkanes) is 61. The van der Waals surface area contributed by atoms with Gasteiger partial charge in [-0.25, -0.2) is 4.57 Å². The van der Waals surface area contributed by atoms with Crippen molar-refractivity contribution < 1.29 is 32.9 Å². The highest BCUT2D eigenvalue weighted by Crippen LogP contribution is 2.43. The van der Waals surface area contributed by atoms with Crippen LogP contribution in [0.25, 0.3) is 0 Å². The summed E-state index contributed by atoms with van der Waals surface area (Å²) in [4.78, 5) is 23.6. The van der Waals surface area contributed by atoms with Crippen molar-refractivity contribution in [2.75, 3.05) is 40.9 Å². The van der Waals surface area contributed by atoms with Gasteiger partial charge in [0.05, 0.1) is 39.9 Å². The van der Waals surface area contributed by atoms with E-state index < -0.39 is 20.0 Å². The number of phosphoric acid groups is 1. The van der Waals surface area contributed by atoms with Gasteiger partial charge in [0.15, 0.2) is 0 Å². The molecule has 3 atom stereocenters. The van der Waals surface area contributed by atoms with Crippen LogP contribution in [0.2, 0.25) is 0 Å². The smallest absolute Gasteiger partial charge is 0.391 e. The van der Waals surface area contributed by atoms with E-state index in [1.807, 2.05) is 21.1 Å². The summed E-state index contributed by atoms with van der Waals surface area (Å²) in [7, 11) is 1.64. The van der Waals surface area contributed by atoms with E-state index in [2.05, 4.69) is 55.6 Å².